The first-order chi connectivity index (χ1) is 8.38. The average molecular weight is 246 g/mol. The minimum atomic E-state index is -0.636. The van der Waals surface area contributed by atoms with Crippen LogP contribution >= 0.6 is 0 Å². The van der Waals surface area contributed by atoms with Crippen LogP contribution in [0.25, 0.3) is 0 Å². The van der Waals surface area contributed by atoms with Gasteiger partial charge in [-0.1, -0.05) is 32.9 Å². The molecule has 4 heteroatoms. The molecule has 0 aliphatic carbocycles. The van der Waals surface area contributed by atoms with Gasteiger partial charge in [0, 0.05) is 5.41 Å². The maximum atomic E-state index is 11.8. The molecule has 1 aromatic rings. The summed E-state index contributed by atoms with van der Waals surface area (Å²) in [6, 6.07) is 8.53. The van der Waals surface area contributed by atoms with Crippen LogP contribution in [0.15, 0.2) is 24.3 Å². The summed E-state index contributed by atoms with van der Waals surface area (Å²) >= 11 is 0. The van der Waals surface area contributed by atoms with Crippen LogP contribution in [0.2, 0.25) is 0 Å². The van der Waals surface area contributed by atoms with Crippen molar-refractivity contribution >= 4 is 5.91 Å². The van der Waals surface area contributed by atoms with Crippen molar-refractivity contribution in [2.75, 3.05) is 7.11 Å². The molecule has 1 rings (SSSR count). The first-order valence-electron chi connectivity index (χ1n) is 5.73. The zero-order valence-corrected chi connectivity index (χ0v) is 11.2. The van der Waals surface area contributed by atoms with E-state index in [2.05, 4.69) is 11.4 Å². The maximum absolute atomic E-state index is 11.8. The van der Waals surface area contributed by atoms with E-state index >= 15 is 0 Å². The summed E-state index contributed by atoms with van der Waals surface area (Å²) in [6.07, 6.45) is 0. The highest BCUT2D eigenvalue weighted by Crippen LogP contribution is 2.20. The number of rotatable bonds is 3. The molecule has 0 saturated carbocycles. The van der Waals surface area contributed by atoms with E-state index in [1.807, 2.05) is 20.8 Å². The van der Waals surface area contributed by atoms with Gasteiger partial charge in [0.15, 0.2) is 0 Å². The first kappa shape index (κ1) is 14.0. The van der Waals surface area contributed by atoms with E-state index in [1.165, 1.54) is 0 Å². The van der Waals surface area contributed by atoms with Crippen LogP contribution in [-0.4, -0.2) is 13.0 Å². The molecule has 18 heavy (non-hydrogen) atoms. The number of ether oxygens (including phenoxy) is 1. The van der Waals surface area contributed by atoms with Crippen LogP contribution in [-0.2, 0) is 4.79 Å². The Morgan fingerprint density at radius 2 is 1.89 bits per heavy atom. The van der Waals surface area contributed by atoms with Gasteiger partial charge in [-0.05, 0) is 17.7 Å². The molecule has 0 aliphatic rings. The molecule has 1 atom stereocenters. The molecule has 1 N–H and O–H groups in total. The van der Waals surface area contributed by atoms with Crippen LogP contribution in [0.1, 0.15) is 32.4 Å². The van der Waals surface area contributed by atoms with E-state index < -0.39 is 11.5 Å². The van der Waals surface area contributed by atoms with Gasteiger partial charge in [0.1, 0.15) is 11.8 Å². The summed E-state index contributed by atoms with van der Waals surface area (Å²) in [7, 11) is 1.58. The number of amides is 1. The number of nitrogens with zero attached hydrogens (tertiary/aromatic N) is 1. The lowest BCUT2D eigenvalue weighted by Gasteiger charge is -2.20. The van der Waals surface area contributed by atoms with E-state index in [0.717, 1.165) is 11.3 Å². The number of hydrogen-bond donors (Lipinski definition) is 1. The van der Waals surface area contributed by atoms with Gasteiger partial charge in [0.2, 0.25) is 5.91 Å². The summed E-state index contributed by atoms with van der Waals surface area (Å²) in [5, 5.41) is 11.8. The van der Waals surface area contributed by atoms with E-state index in [9.17, 15) is 4.79 Å². The minimum absolute atomic E-state index is 0.148. The Labute approximate surface area is 108 Å². The van der Waals surface area contributed by atoms with Crippen LogP contribution in [0.4, 0.5) is 0 Å². The normalized spacial score (nSPS) is 12.4. The second kappa shape index (κ2) is 5.54. The van der Waals surface area contributed by atoms with Crippen molar-refractivity contribution in [3.8, 4) is 11.8 Å². The van der Waals surface area contributed by atoms with Gasteiger partial charge in [0.05, 0.1) is 13.2 Å². The SMILES string of the molecule is COc1ccc(C(C#N)NC(=O)C(C)(C)C)cc1. The maximum Gasteiger partial charge on any atom is 0.226 e. The second-order valence-corrected chi connectivity index (χ2v) is 5.06. The zero-order valence-electron chi connectivity index (χ0n) is 11.2. The topological polar surface area (TPSA) is 62.1 Å². The monoisotopic (exact) mass is 246 g/mol. The molecule has 4 nitrogen and oxygen atoms in total. The highest BCUT2D eigenvalue weighted by atomic mass is 16.5. The number of nitrogens with one attached hydrogen (secondary N) is 1. The third-order valence-electron chi connectivity index (χ3n) is 2.53. The fraction of sp³-hybridized carbons (Fsp3) is 0.429. The number of hydrogen-bond acceptors (Lipinski definition) is 3. The van der Waals surface area contributed by atoms with Gasteiger partial charge in [-0.15, -0.1) is 0 Å². The number of nitriles is 1. The lowest BCUT2D eigenvalue weighted by molar-refractivity contribution is -0.128. The lowest BCUT2D eigenvalue weighted by Crippen LogP contribution is -2.36. The molecular weight excluding hydrogens is 228 g/mol. The molecule has 1 aromatic carbocycles. The fourth-order valence-corrected chi connectivity index (χ4v) is 1.33. The van der Waals surface area contributed by atoms with Crippen molar-refractivity contribution in [3.63, 3.8) is 0 Å². The van der Waals surface area contributed by atoms with Gasteiger partial charge < -0.3 is 10.1 Å². The van der Waals surface area contributed by atoms with Gasteiger partial charge >= 0.3 is 0 Å². The number of carbonyl (C=O) groups excluding carboxylic acids is 1. The Bertz CT molecular complexity index is 452. The van der Waals surface area contributed by atoms with Crippen molar-refractivity contribution in [2.24, 2.45) is 5.41 Å². The Kier molecular flexibility index (Phi) is 4.33. The molecule has 1 amide bonds. The summed E-state index contributed by atoms with van der Waals surface area (Å²) < 4.78 is 5.05. The Morgan fingerprint density at radius 1 is 1.33 bits per heavy atom. The third kappa shape index (κ3) is 3.49. The molecule has 0 bridgehead atoms. The largest absolute Gasteiger partial charge is 0.497 e. The Hall–Kier alpha value is -2.02. The van der Waals surface area contributed by atoms with Crippen LogP contribution in [0, 0.1) is 16.7 Å². The fourth-order valence-electron chi connectivity index (χ4n) is 1.33. The van der Waals surface area contributed by atoms with Gasteiger partial charge in [-0.25, -0.2) is 0 Å². The van der Waals surface area contributed by atoms with Crippen LogP contribution in [0.5, 0.6) is 5.75 Å². The molecule has 0 aromatic heterocycles. The zero-order chi connectivity index (χ0) is 13.8. The molecule has 0 fully saturated rings. The first-order valence-corrected chi connectivity index (χ1v) is 5.73. The summed E-state index contributed by atoms with van der Waals surface area (Å²) in [5.41, 5.74) is 0.234. The summed E-state index contributed by atoms with van der Waals surface area (Å²) in [4.78, 5) is 11.8. The van der Waals surface area contributed by atoms with Crippen molar-refractivity contribution in [1.82, 2.24) is 5.32 Å². The molecule has 0 radical (unpaired) electrons. The highest BCUT2D eigenvalue weighted by molar-refractivity contribution is 5.82. The molecule has 0 aliphatic heterocycles. The number of benzene rings is 1. The summed E-state index contributed by atoms with van der Waals surface area (Å²) in [6.45, 7) is 5.43. The average Bonchev–Trinajstić information content (AvgIpc) is 2.34. The molecule has 0 heterocycles. The van der Waals surface area contributed by atoms with Crippen molar-refractivity contribution in [1.29, 1.82) is 5.26 Å². The van der Waals surface area contributed by atoms with Crippen LogP contribution in [0.3, 0.4) is 0 Å². The molecule has 1 unspecified atom stereocenters. The van der Waals surface area contributed by atoms with Gasteiger partial charge in [-0.3, -0.25) is 4.79 Å². The number of methoxy groups -OCH3 is 1. The molecule has 0 saturated heterocycles. The Balaban J connectivity index is 2.84. The van der Waals surface area contributed by atoms with E-state index in [-0.39, 0.29) is 5.91 Å². The standard InChI is InChI=1S/C14H18N2O2/c1-14(2,3)13(17)16-12(9-15)10-5-7-11(18-4)8-6-10/h5-8,12H,1-4H3,(H,16,17). The second-order valence-electron chi connectivity index (χ2n) is 5.06. The van der Waals surface area contributed by atoms with E-state index in [0.29, 0.717) is 0 Å². The van der Waals surface area contributed by atoms with Gasteiger partial charge in [0.25, 0.3) is 0 Å². The van der Waals surface area contributed by atoms with Crippen molar-refractivity contribution < 1.29 is 9.53 Å². The minimum Gasteiger partial charge on any atom is -0.497 e. The van der Waals surface area contributed by atoms with E-state index in [1.54, 1.807) is 31.4 Å². The Morgan fingerprint density at radius 3 is 2.28 bits per heavy atom. The van der Waals surface area contributed by atoms with Gasteiger partial charge in [-0.2, -0.15) is 5.26 Å². The molecule has 96 valence electrons. The predicted octanol–water partition coefficient (Wildman–Crippen LogP) is 2.42. The van der Waals surface area contributed by atoms with Crippen molar-refractivity contribution in [2.45, 2.75) is 26.8 Å². The third-order valence-corrected chi connectivity index (χ3v) is 2.53. The quantitative estimate of drug-likeness (QED) is 0.890. The number of carbonyl (C=O) groups is 1. The molecular formula is C14H18N2O2. The summed E-state index contributed by atoms with van der Waals surface area (Å²) in [5.74, 6) is 0.572. The highest BCUT2D eigenvalue weighted by Gasteiger charge is 2.24. The van der Waals surface area contributed by atoms with E-state index in [4.69, 9.17) is 10.00 Å². The lowest BCUT2D eigenvalue weighted by atomic mass is 9.94. The smallest absolute Gasteiger partial charge is 0.226 e. The predicted molar refractivity (Wildman–Crippen MR) is 68.9 cm³/mol. The molecule has 0 spiro atoms. The van der Waals surface area contributed by atoms with Crippen molar-refractivity contribution in [3.05, 3.63) is 29.8 Å². The van der Waals surface area contributed by atoms with Crippen LogP contribution < -0.4 is 10.1 Å².